The lowest BCUT2D eigenvalue weighted by atomic mass is 10.2. The third-order valence-corrected chi connectivity index (χ3v) is 3.45. The zero-order valence-electron chi connectivity index (χ0n) is 14.2. The van der Waals surface area contributed by atoms with E-state index in [9.17, 15) is 20.2 Å². The van der Waals surface area contributed by atoms with Crippen molar-refractivity contribution >= 4 is 22.7 Å². The number of ether oxygens (including phenoxy) is 2. The van der Waals surface area contributed by atoms with Crippen molar-refractivity contribution in [3.8, 4) is 11.5 Å². The fourth-order valence-electron chi connectivity index (χ4n) is 2.44. The van der Waals surface area contributed by atoms with Crippen LogP contribution in [0.15, 0.2) is 24.3 Å². The number of benzene rings is 2. The zero-order chi connectivity index (χ0) is 19.4. The standard InChI is InChI=1S/C16H18N4O6/c1-9-5-11(17)15(13(7-9)19(21)22)25-3-4-26-16-12(18)6-10(2)8-14(16)20(23)24/h5-8H,3-4,17-18H2,1-2H3. The van der Waals surface area contributed by atoms with Crippen LogP contribution in [0.2, 0.25) is 0 Å². The maximum Gasteiger partial charge on any atom is 0.313 e. The summed E-state index contributed by atoms with van der Waals surface area (Å²) in [5.41, 5.74) is 12.5. The Morgan fingerprint density at radius 3 is 1.46 bits per heavy atom. The van der Waals surface area contributed by atoms with E-state index in [4.69, 9.17) is 20.9 Å². The third-order valence-electron chi connectivity index (χ3n) is 3.45. The van der Waals surface area contributed by atoms with E-state index in [1.807, 2.05) is 0 Å². The first-order valence-corrected chi connectivity index (χ1v) is 7.55. The fourth-order valence-corrected chi connectivity index (χ4v) is 2.44. The highest BCUT2D eigenvalue weighted by Crippen LogP contribution is 2.36. The van der Waals surface area contributed by atoms with E-state index in [0.29, 0.717) is 11.1 Å². The van der Waals surface area contributed by atoms with Gasteiger partial charge in [0.15, 0.2) is 0 Å². The number of hydrogen-bond acceptors (Lipinski definition) is 8. The summed E-state index contributed by atoms with van der Waals surface area (Å²) >= 11 is 0. The van der Waals surface area contributed by atoms with Gasteiger partial charge < -0.3 is 20.9 Å². The Labute approximate surface area is 148 Å². The third kappa shape index (κ3) is 4.09. The number of rotatable bonds is 7. The highest BCUT2D eigenvalue weighted by Gasteiger charge is 2.21. The van der Waals surface area contributed by atoms with Crippen LogP contribution >= 0.6 is 0 Å². The Morgan fingerprint density at radius 1 is 0.808 bits per heavy atom. The molecule has 4 N–H and O–H groups in total. The van der Waals surface area contributed by atoms with Crippen molar-refractivity contribution in [3.05, 3.63) is 55.6 Å². The second-order valence-corrected chi connectivity index (χ2v) is 5.62. The second-order valence-electron chi connectivity index (χ2n) is 5.62. The Bertz CT molecular complexity index is 797. The molecule has 0 spiro atoms. The molecular weight excluding hydrogens is 344 g/mol. The van der Waals surface area contributed by atoms with Gasteiger partial charge in [-0.15, -0.1) is 0 Å². The maximum absolute atomic E-state index is 11.1. The van der Waals surface area contributed by atoms with Crippen LogP contribution in [-0.4, -0.2) is 23.1 Å². The molecule has 2 aromatic carbocycles. The minimum atomic E-state index is -0.595. The van der Waals surface area contributed by atoms with Crippen molar-refractivity contribution in [1.29, 1.82) is 0 Å². The smallest absolute Gasteiger partial charge is 0.313 e. The molecule has 0 fully saturated rings. The van der Waals surface area contributed by atoms with Crippen LogP contribution in [0, 0.1) is 34.1 Å². The largest absolute Gasteiger partial charge is 0.482 e. The van der Waals surface area contributed by atoms with Crippen molar-refractivity contribution in [2.75, 3.05) is 24.7 Å². The first-order chi connectivity index (χ1) is 12.2. The molecule has 0 amide bonds. The Morgan fingerprint density at radius 2 is 1.15 bits per heavy atom. The molecule has 2 rings (SSSR count). The molecule has 0 aromatic heterocycles. The first kappa shape index (κ1) is 18.8. The number of nitro groups is 2. The minimum Gasteiger partial charge on any atom is -0.482 e. The van der Waals surface area contributed by atoms with Gasteiger partial charge in [-0.05, 0) is 37.1 Å². The molecule has 0 bridgehead atoms. The van der Waals surface area contributed by atoms with Crippen LogP contribution in [0.25, 0.3) is 0 Å². The number of nitrogen functional groups attached to an aromatic ring is 2. The summed E-state index contributed by atoms with van der Waals surface area (Å²) in [5, 5.41) is 22.2. The van der Waals surface area contributed by atoms with E-state index in [2.05, 4.69) is 0 Å². The van der Waals surface area contributed by atoms with E-state index in [1.165, 1.54) is 12.1 Å². The number of anilines is 2. The van der Waals surface area contributed by atoms with Crippen LogP contribution in [0.4, 0.5) is 22.7 Å². The van der Waals surface area contributed by atoms with Crippen molar-refractivity contribution in [1.82, 2.24) is 0 Å². The van der Waals surface area contributed by atoms with Crippen molar-refractivity contribution < 1.29 is 19.3 Å². The number of aryl methyl sites for hydroxylation is 2. The van der Waals surface area contributed by atoms with E-state index >= 15 is 0 Å². The minimum absolute atomic E-state index is 0.0735. The summed E-state index contributed by atoms with van der Waals surface area (Å²) in [6.07, 6.45) is 0. The van der Waals surface area contributed by atoms with Crippen LogP contribution in [0.1, 0.15) is 11.1 Å². The quantitative estimate of drug-likeness (QED) is 0.329. The van der Waals surface area contributed by atoms with Gasteiger partial charge in [-0.1, -0.05) is 0 Å². The molecule has 0 aliphatic heterocycles. The lowest BCUT2D eigenvalue weighted by molar-refractivity contribution is -0.386. The summed E-state index contributed by atoms with van der Waals surface area (Å²) < 4.78 is 10.7. The fraction of sp³-hybridized carbons (Fsp3) is 0.250. The van der Waals surface area contributed by atoms with Gasteiger partial charge in [0.2, 0.25) is 11.5 Å². The number of nitrogens with two attached hydrogens (primary N) is 2. The van der Waals surface area contributed by atoms with Gasteiger partial charge in [0.1, 0.15) is 13.2 Å². The molecule has 0 saturated carbocycles. The molecule has 0 aliphatic rings. The van der Waals surface area contributed by atoms with Gasteiger partial charge in [0.05, 0.1) is 21.2 Å². The molecule has 0 aliphatic carbocycles. The summed E-state index contributed by atoms with van der Waals surface area (Å²) in [6, 6.07) is 5.78. The summed E-state index contributed by atoms with van der Waals surface area (Å²) in [5.74, 6) is -0.147. The molecule has 0 atom stereocenters. The molecular formula is C16H18N4O6. The van der Waals surface area contributed by atoms with E-state index in [-0.39, 0.29) is 47.5 Å². The molecule has 2 aromatic rings. The first-order valence-electron chi connectivity index (χ1n) is 7.55. The Hall–Kier alpha value is -3.56. The lowest BCUT2D eigenvalue weighted by Gasteiger charge is -2.12. The SMILES string of the molecule is Cc1cc(N)c(OCCOc2c(N)cc(C)cc2[N+](=O)[O-])c([N+](=O)[O-])c1. The van der Waals surface area contributed by atoms with Crippen LogP contribution < -0.4 is 20.9 Å². The van der Waals surface area contributed by atoms with E-state index < -0.39 is 9.85 Å². The predicted molar refractivity (Wildman–Crippen MR) is 95.5 cm³/mol. The molecule has 0 saturated heterocycles. The van der Waals surface area contributed by atoms with Gasteiger partial charge in [0, 0.05) is 12.1 Å². The highest BCUT2D eigenvalue weighted by molar-refractivity contribution is 5.66. The monoisotopic (exact) mass is 362 g/mol. The second kappa shape index (κ2) is 7.55. The maximum atomic E-state index is 11.1. The molecule has 26 heavy (non-hydrogen) atoms. The highest BCUT2D eigenvalue weighted by atomic mass is 16.6. The van der Waals surface area contributed by atoms with Crippen molar-refractivity contribution in [2.45, 2.75) is 13.8 Å². The van der Waals surface area contributed by atoms with E-state index in [0.717, 1.165) is 0 Å². The van der Waals surface area contributed by atoms with Crippen molar-refractivity contribution in [2.24, 2.45) is 0 Å². The van der Waals surface area contributed by atoms with Gasteiger partial charge >= 0.3 is 11.4 Å². The normalized spacial score (nSPS) is 10.4. The molecule has 0 heterocycles. The predicted octanol–water partition coefficient (Wildman–Crippen LogP) is 2.74. The number of hydrogen-bond donors (Lipinski definition) is 2. The molecule has 10 nitrogen and oxygen atoms in total. The van der Waals surface area contributed by atoms with Gasteiger partial charge in [0.25, 0.3) is 0 Å². The molecule has 0 radical (unpaired) electrons. The average Bonchev–Trinajstić information content (AvgIpc) is 2.53. The van der Waals surface area contributed by atoms with Crippen LogP contribution in [0.5, 0.6) is 11.5 Å². The number of nitrogens with zero attached hydrogens (tertiary/aromatic N) is 2. The summed E-state index contributed by atoms with van der Waals surface area (Å²) in [4.78, 5) is 21.1. The van der Waals surface area contributed by atoms with E-state index in [1.54, 1.807) is 26.0 Å². The molecule has 0 unspecified atom stereocenters. The lowest BCUT2D eigenvalue weighted by Crippen LogP contribution is -2.13. The Balaban J connectivity index is 2.11. The van der Waals surface area contributed by atoms with Gasteiger partial charge in [-0.2, -0.15) is 0 Å². The Kier molecular flexibility index (Phi) is 5.45. The van der Waals surface area contributed by atoms with Crippen LogP contribution in [0.3, 0.4) is 0 Å². The summed E-state index contributed by atoms with van der Waals surface area (Å²) in [7, 11) is 0. The van der Waals surface area contributed by atoms with Gasteiger partial charge in [-0.25, -0.2) is 0 Å². The van der Waals surface area contributed by atoms with Crippen molar-refractivity contribution in [3.63, 3.8) is 0 Å². The van der Waals surface area contributed by atoms with Gasteiger partial charge in [-0.3, -0.25) is 20.2 Å². The zero-order valence-corrected chi connectivity index (χ0v) is 14.2. The topological polar surface area (TPSA) is 157 Å². The summed E-state index contributed by atoms with van der Waals surface area (Å²) in [6.45, 7) is 3.13. The molecule has 10 heteroatoms. The average molecular weight is 362 g/mol. The van der Waals surface area contributed by atoms with Crippen LogP contribution in [-0.2, 0) is 0 Å². The molecule has 138 valence electrons. The number of nitro benzene ring substituents is 2.